The molecule has 0 heterocycles. The summed E-state index contributed by atoms with van der Waals surface area (Å²) in [5.74, 6) is 0.702. The van der Waals surface area contributed by atoms with Gasteiger partial charge in [-0.25, -0.2) is 0 Å². The largest absolute Gasteiger partial charge is 0.492 e. The monoisotopic (exact) mass is 344 g/mol. The Kier molecular flexibility index (Phi) is 10.8. The molecule has 0 fully saturated rings. The van der Waals surface area contributed by atoms with Crippen LogP contribution in [0.15, 0.2) is 12.1 Å². The van der Waals surface area contributed by atoms with Crippen LogP contribution in [0.5, 0.6) is 5.75 Å². The van der Waals surface area contributed by atoms with E-state index in [1.807, 2.05) is 19.1 Å². The molecular weight excluding hydrogens is 315 g/mol. The first-order valence-electron chi connectivity index (χ1n) is 8.73. The molecule has 0 aliphatic carbocycles. The number of hydrogen-bond acceptors (Lipinski definition) is 1. The lowest BCUT2D eigenvalue weighted by Crippen LogP contribution is -1.98. The molecule has 1 aromatic rings. The van der Waals surface area contributed by atoms with E-state index in [-0.39, 0.29) is 0 Å². The first kappa shape index (κ1) is 19.6. The molecule has 126 valence electrons. The van der Waals surface area contributed by atoms with Gasteiger partial charge in [0.2, 0.25) is 0 Å². The number of benzene rings is 1. The van der Waals surface area contributed by atoms with Crippen molar-refractivity contribution in [3.05, 3.63) is 27.7 Å². The molecule has 0 aromatic heterocycles. The molecule has 0 spiro atoms. The summed E-state index contributed by atoms with van der Waals surface area (Å²) in [4.78, 5) is 0. The van der Waals surface area contributed by atoms with Crippen LogP contribution in [-0.4, -0.2) is 6.61 Å². The zero-order chi connectivity index (χ0) is 16.2. The third kappa shape index (κ3) is 8.29. The van der Waals surface area contributed by atoms with E-state index in [0.29, 0.717) is 15.8 Å². The second kappa shape index (κ2) is 12.1. The van der Waals surface area contributed by atoms with E-state index < -0.39 is 0 Å². The van der Waals surface area contributed by atoms with Gasteiger partial charge >= 0.3 is 0 Å². The molecule has 0 aliphatic heterocycles. The highest BCUT2D eigenvalue weighted by molar-refractivity contribution is 6.34. The lowest BCUT2D eigenvalue weighted by atomic mass is 10.1. The lowest BCUT2D eigenvalue weighted by Gasteiger charge is -2.09. The molecule has 0 saturated carbocycles. The van der Waals surface area contributed by atoms with Crippen LogP contribution in [0.1, 0.15) is 76.7 Å². The van der Waals surface area contributed by atoms with Crippen LogP contribution >= 0.6 is 23.2 Å². The maximum Gasteiger partial charge on any atom is 0.139 e. The molecule has 0 aliphatic rings. The summed E-state index contributed by atoms with van der Waals surface area (Å²) in [5.41, 5.74) is 0.984. The highest BCUT2D eigenvalue weighted by Crippen LogP contribution is 2.30. The van der Waals surface area contributed by atoms with Crippen molar-refractivity contribution in [3.63, 3.8) is 0 Å². The Morgan fingerprint density at radius 2 is 1.32 bits per heavy atom. The van der Waals surface area contributed by atoms with Crippen LogP contribution in [0.2, 0.25) is 10.0 Å². The van der Waals surface area contributed by atoms with E-state index in [4.69, 9.17) is 27.9 Å². The number of aryl methyl sites for hydroxylation is 1. The first-order valence-corrected chi connectivity index (χ1v) is 9.49. The van der Waals surface area contributed by atoms with E-state index >= 15 is 0 Å². The van der Waals surface area contributed by atoms with Gasteiger partial charge in [-0.15, -0.1) is 0 Å². The Labute approximate surface area is 146 Å². The minimum Gasteiger partial charge on any atom is -0.492 e. The van der Waals surface area contributed by atoms with Gasteiger partial charge in [0.05, 0.1) is 11.6 Å². The molecule has 3 heteroatoms. The normalized spacial score (nSPS) is 10.9. The summed E-state index contributed by atoms with van der Waals surface area (Å²) in [7, 11) is 0. The van der Waals surface area contributed by atoms with E-state index in [2.05, 4.69) is 6.92 Å². The van der Waals surface area contributed by atoms with Crippen LogP contribution in [-0.2, 0) is 0 Å². The maximum absolute atomic E-state index is 6.15. The van der Waals surface area contributed by atoms with E-state index in [9.17, 15) is 0 Å². The number of rotatable bonds is 12. The number of hydrogen-bond donors (Lipinski definition) is 0. The van der Waals surface area contributed by atoms with Gasteiger partial charge in [0, 0.05) is 11.1 Å². The standard InChI is InChI=1S/C19H30Cl2O/c1-3-4-5-6-7-8-9-10-11-12-13-22-19-15-17(20)16(2)14-18(19)21/h14-15H,3-13H2,1-2H3. The lowest BCUT2D eigenvalue weighted by molar-refractivity contribution is 0.304. The van der Waals surface area contributed by atoms with Crippen LogP contribution < -0.4 is 4.74 Å². The SMILES string of the molecule is CCCCCCCCCCCCOc1cc(Cl)c(C)cc1Cl. The molecule has 1 rings (SSSR count). The fourth-order valence-corrected chi connectivity index (χ4v) is 2.94. The highest BCUT2D eigenvalue weighted by atomic mass is 35.5. The molecule has 0 radical (unpaired) electrons. The minimum atomic E-state index is 0.647. The second-order valence-electron chi connectivity index (χ2n) is 6.06. The predicted molar refractivity (Wildman–Crippen MR) is 98.5 cm³/mol. The summed E-state index contributed by atoms with van der Waals surface area (Å²) in [6.45, 7) is 4.93. The van der Waals surface area contributed by atoms with Crippen molar-refractivity contribution in [1.82, 2.24) is 0 Å². The molecule has 0 bridgehead atoms. The Bertz CT molecular complexity index is 418. The van der Waals surface area contributed by atoms with Crippen LogP contribution in [0.4, 0.5) is 0 Å². The average Bonchev–Trinajstić information content (AvgIpc) is 2.49. The highest BCUT2D eigenvalue weighted by Gasteiger charge is 2.05. The molecule has 0 N–H and O–H groups in total. The first-order chi connectivity index (χ1) is 10.6. The number of ether oxygens (including phenoxy) is 1. The van der Waals surface area contributed by atoms with Crippen LogP contribution in [0.3, 0.4) is 0 Å². The maximum atomic E-state index is 6.15. The Hall–Kier alpha value is -0.400. The van der Waals surface area contributed by atoms with Crippen molar-refractivity contribution in [2.24, 2.45) is 0 Å². The summed E-state index contributed by atoms with van der Waals surface area (Å²) >= 11 is 12.2. The Morgan fingerprint density at radius 1 is 0.773 bits per heavy atom. The molecule has 0 amide bonds. The van der Waals surface area contributed by atoms with E-state index in [1.54, 1.807) is 0 Å². The summed E-state index contributed by atoms with van der Waals surface area (Å²) in [6.07, 6.45) is 13.3. The molecule has 0 saturated heterocycles. The van der Waals surface area contributed by atoms with Crippen molar-refractivity contribution in [2.75, 3.05) is 6.61 Å². The van der Waals surface area contributed by atoms with Crippen LogP contribution in [0, 0.1) is 6.92 Å². The summed E-state index contributed by atoms with van der Waals surface area (Å²) in [6, 6.07) is 3.67. The quantitative estimate of drug-likeness (QED) is 0.354. The van der Waals surface area contributed by atoms with Gasteiger partial charge in [-0.05, 0) is 25.0 Å². The molecule has 1 nitrogen and oxygen atoms in total. The fourth-order valence-electron chi connectivity index (χ4n) is 2.51. The van der Waals surface area contributed by atoms with Gasteiger partial charge < -0.3 is 4.74 Å². The van der Waals surface area contributed by atoms with Crippen molar-refractivity contribution < 1.29 is 4.74 Å². The van der Waals surface area contributed by atoms with Crippen molar-refractivity contribution in [1.29, 1.82) is 0 Å². The second-order valence-corrected chi connectivity index (χ2v) is 6.88. The molecule has 0 atom stereocenters. The molecule has 22 heavy (non-hydrogen) atoms. The Morgan fingerprint density at radius 3 is 1.91 bits per heavy atom. The van der Waals surface area contributed by atoms with Gasteiger partial charge in [0.25, 0.3) is 0 Å². The topological polar surface area (TPSA) is 9.23 Å². The minimum absolute atomic E-state index is 0.647. The van der Waals surface area contributed by atoms with Gasteiger partial charge in [0.15, 0.2) is 0 Å². The van der Waals surface area contributed by atoms with Gasteiger partial charge in [-0.1, -0.05) is 87.9 Å². The van der Waals surface area contributed by atoms with Crippen molar-refractivity contribution >= 4 is 23.2 Å². The summed E-state index contributed by atoms with van der Waals surface area (Å²) in [5, 5.41) is 1.36. The molecule has 1 aromatic carbocycles. The third-order valence-electron chi connectivity index (χ3n) is 3.97. The zero-order valence-electron chi connectivity index (χ0n) is 14.1. The van der Waals surface area contributed by atoms with Crippen molar-refractivity contribution in [3.8, 4) is 5.75 Å². The fraction of sp³-hybridized carbons (Fsp3) is 0.684. The Balaban J connectivity index is 2.01. The van der Waals surface area contributed by atoms with Crippen molar-refractivity contribution in [2.45, 2.75) is 78.1 Å². The van der Waals surface area contributed by atoms with E-state index in [1.165, 1.54) is 57.8 Å². The van der Waals surface area contributed by atoms with Gasteiger partial charge in [-0.2, -0.15) is 0 Å². The molecular formula is C19H30Cl2O. The van der Waals surface area contributed by atoms with Gasteiger partial charge in [-0.3, -0.25) is 0 Å². The zero-order valence-corrected chi connectivity index (χ0v) is 15.6. The molecule has 0 unspecified atom stereocenters. The van der Waals surface area contributed by atoms with Crippen LogP contribution in [0.25, 0.3) is 0 Å². The average molecular weight is 345 g/mol. The predicted octanol–water partition coefficient (Wildman–Crippen LogP) is 7.60. The van der Waals surface area contributed by atoms with Gasteiger partial charge in [0.1, 0.15) is 5.75 Å². The number of halogens is 2. The number of unbranched alkanes of at least 4 members (excludes halogenated alkanes) is 9. The smallest absolute Gasteiger partial charge is 0.139 e. The van der Waals surface area contributed by atoms with E-state index in [0.717, 1.165) is 18.6 Å². The summed E-state index contributed by atoms with van der Waals surface area (Å²) < 4.78 is 5.73. The third-order valence-corrected chi connectivity index (χ3v) is 4.67.